The molecule has 7 nitrogen and oxygen atoms in total. The van der Waals surface area contributed by atoms with Gasteiger partial charge in [-0.2, -0.15) is 5.26 Å². The third-order valence-corrected chi connectivity index (χ3v) is 7.30. The van der Waals surface area contributed by atoms with Crippen LogP contribution in [0.15, 0.2) is 108 Å². The third kappa shape index (κ3) is 5.93. The molecule has 5 rings (SSSR count). The number of carbonyl (C=O) groups is 1. The summed E-state index contributed by atoms with van der Waals surface area (Å²) in [5.41, 5.74) is 10.7. The summed E-state index contributed by atoms with van der Waals surface area (Å²) in [4.78, 5) is 15.5. The van der Waals surface area contributed by atoms with Crippen molar-refractivity contribution in [3.8, 4) is 28.7 Å². The lowest BCUT2D eigenvalue weighted by molar-refractivity contribution is 0.0742. The lowest BCUT2D eigenvalue weighted by Crippen LogP contribution is -2.35. The molecule has 0 unspecified atom stereocenters. The molecule has 0 saturated carbocycles. The molecule has 204 valence electrons. The molecule has 0 radical (unpaired) electrons. The Morgan fingerprint density at radius 1 is 0.951 bits per heavy atom. The Kier molecular flexibility index (Phi) is 7.77. The van der Waals surface area contributed by atoms with Gasteiger partial charge < -0.3 is 15.1 Å². The molecular formula is C34H31N5O2. The highest BCUT2D eigenvalue weighted by molar-refractivity contribution is 5.97. The van der Waals surface area contributed by atoms with E-state index in [1.54, 1.807) is 30.1 Å². The summed E-state index contributed by atoms with van der Waals surface area (Å²) in [5, 5.41) is 18.4. The Hall–Kier alpha value is -5.06. The lowest BCUT2D eigenvalue weighted by atomic mass is 9.94. The van der Waals surface area contributed by atoms with Gasteiger partial charge in [0.1, 0.15) is 0 Å². The van der Waals surface area contributed by atoms with Crippen LogP contribution in [0.1, 0.15) is 52.8 Å². The molecule has 41 heavy (non-hydrogen) atoms. The van der Waals surface area contributed by atoms with E-state index in [1.165, 1.54) is 0 Å². The molecule has 5 aromatic rings. The zero-order chi connectivity index (χ0) is 29.0. The van der Waals surface area contributed by atoms with Crippen molar-refractivity contribution in [1.29, 1.82) is 5.26 Å². The molecule has 0 bridgehead atoms. The van der Waals surface area contributed by atoms with Crippen molar-refractivity contribution >= 4 is 5.91 Å². The maximum Gasteiger partial charge on any atom is 0.254 e. The van der Waals surface area contributed by atoms with Gasteiger partial charge in [0, 0.05) is 18.2 Å². The fourth-order valence-corrected chi connectivity index (χ4v) is 4.86. The predicted octanol–water partition coefficient (Wildman–Crippen LogP) is 6.53. The molecule has 7 heteroatoms. The van der Waals surface area contributed by atoms with Crippen LogP contribution in [0.5, 0.6) is 0 Å². The second kappa shape index (κ2) is 11.6. The smallest absolute Gasteiger partial charge is 0.254 e. The Morgan fingerprint density at radius 3 is 2.29 bits per heavy atom. The van der Waals surface area contributed by atoms with E-state index in [4.69, 9.17) is 10.2 Å². The lowest BCUT2D eigenvalue weighted by Gasteiger charge is -2.26. The maximum atomic E-state index is 13.8. The normalized spacial score (nSPS) is 13.1. The summed E-state index contributed by atoms with van der Waals surface area (Å²) in [6.07, 6.45) is 0.511. The molecule has 4 aromatic carbocycles. The zero-order valence-corrected chi connectivity index (χ0v) is 23.3. The molecule has 0 saturated heterocycles. The molecule has 0 aliphatic rings. The van der Waals surface area contributed by atoms with E-state index in [0.29, 0.717) is 40.1 Å². The molecular weight excluding hydrogens is 510 g/mol. The van der Waals surface area contributed by atoms with Gasteiger partial charge in [0.15, 0.2) is 0 Å². The number of carbonyl (C=O) groups excluding carboxylic acids is 1. The Balaban J connectivity index is 1.55. The van der Waals surface area contributed by atoms with E-state index < -0.39 is 5.54 Å². The van der Waals surface area contributed by atoms with Crippen LogP contribution in [0.4, 0.5) is 0 Å². The van der Waals surface area contributed by atoms with Crippen molar-refractivity contribution in [2.75, 3.05) is 7.05 Å². The van der Waals surface area contributed by atoms with Gasteiger partial charge in [-0.25, -0.2) is 0 Å². The van der Waals surface area contributed by atoms with E-state index in [1.807, 2.05) is 98.8 Å². The molecule has 2 N–H and O–H groups in total. The molecule has 2 atom stereocenters. The molecule has 1 heterocycles. The largest absolute Gasteiger partial charge is 0.419 e. The minimum absolute atomic E-state index is 0.159. The molecule has 1 amide bonds. The summed E-state index contributed by atoms with van der Waals surface area (Å²) >= 11 is 0. The highest BCUT2D eigenvalue weighted by atomic mass is 16.4. The van der Waals surface area contributed by atoms with Gasteiger partial charge >= 0.3 is 0 Å². The number of rotatable bonds is 8. The van der Waals surface area contributed by atoms with E-state index in [0.717, 1.165) is 11.1 Å². The number of amides is 1. The highest BCUT2D eigenvalue weighted by Crippen LogP contribution is 2.32. The van der Waals surface area contributed by atoms with Crippen LogP contribution in [0.2, 0.25) is 0 Å². The molecule has 1 aromatic heterocycles. The van der Waals surface area contributed by atoms with Crippen molar-refractivity contribution in [3.05, 3.63) is 131 Å². The van der Waals surface area contributed by atoms with Gasteiger partial charge in [-0.3, -0.25) is 4.79 Å². The minimum atomic E-state index is -0.901. The first-order valence-corrected chi connectivity index (χ1v) is 13.4. The first-order chi connectivity index (χ1) is 19.8. The van der Waals surface area contributed by atoms with Crippen molar-refractivity contribution < 1.29 is 9.21 Å². The van der Waals surface area contributed by atoms with E-state index in [-0.39, 0.29) is 17.8 Å². The van der Waals surface area contributed by atoms with Crippen LogP contribution in [-0.4, -0.2) is 28.1 Å². The minimum Gasteiger partial charge on any atom is -0.419 e. The number of benzene rings is 4. The number of aromatic nitrogens is 2. The Morgan fingerprint density at radius 2 is 1.59 bits per heavy atom. The highest BCUT2D eigenvalue weighted by Gasteiger charge is 2.29. The van der Waals surface area contributed by atoms with Crippen LogP contribution < -0.4 is 5.73 Å². The fourth-order valence-electron chi connectivity index (χ4n) is 4.86. The maximum absolute atomic E-state index is 13.8. The van der Waals surface area contributed by atoms with Gasteiger partial charge in [0.25, 0.3) is 5.91 Å². The SMILES string of the molecule is C[C@@H](c1ccccc1)N(C)C(=O)c1cc(-c2nnc([C@](C)(N)Cc3ccccc3)o2)cc(-c2ccccc2C#N)c1. The Labute approximate surface area is 239 Å². The van der Waals surface area contributed by atoms with Gasteiger partial charge in [-0.15, -0.1) is 10.2 Å². The third-order valence-electron chi connectivity index (χ3n) is 7.30. The van der Waals surface area contributed by atoms with Crippen LogP contribution >= 0.6 is 0 Å². The molecule has 0 aliphatic heterocycles. The molecule has 0 spiro atoms. The summed E-state index contributed by atoms with van der Waals surface area (Å²) in [7, 11) is 1.78. The second-order valence-electron chi connectivity index (χ2n) is 10.5. The van der Waals surface area contributed by atoms with Crippen LogP contribution in [0, 0.1) is 11.3 Å². The summed E-state index contributed by atoms with van der Waals surface area (Å²) in [6, 6.07) is 34.5. The van der Waals surface area contributed by atoms with Crippen molar-refractivity contribution in [3.63, 3.8) is 0 Å². The zero-order valence-electron chi connectivity index (χ0n) is 23.3. The monoisotopic (exact) mass is 541 g/mol. The topological polar surface area (TPSA) is 109 Å². The first-order valence-electron chi connectivity index (χ1n) is 13.4. The summed E-state index contributed by atoms with van der Waals surface area (Å²) in [5.74, 6) is 0.363. The van der Waals surface area contributed by atoms with Crippen molar-refractivity contribution in [1.82, 2.24) is 15.1 Å². The number of nitrogens with zero attached hydrogens (tertiary/aromatic N) is 4. The average Bonchev–Trinajstić information content (AvgIpc) is 3.52. The molecule has 0 aliphatic carbocycles. The van der Waals surface area contributed by atoms with Crippen molar-refractivity contribution in [2.24, 2.45) is 5.73 Å². The van der Waals surface area contributed by atoms with Gasteiger partial charge in [0.05, 0.1) is 23.2 Å². The number of hydrogen-bond donors (Lipinski definition) is 1. The van der Waals surface area contributed by atoms with Gasteiger partial charge in [-0.05, 0) is 66.8 Å². The number of nitrogens with two attached hydrogens (primary N) is 1. The number of hydrogen-bond acceptors (Lipinski definition) is 6. The summed E-state index contributed by atoms with van der Waals surface area (Å²) in [6.45, 7) is 3.84. The van der Waals surface area contributed by atoms with Crippen LogP contribution in [0.3, 0.4) is 0 Å². The second-order valence-corrected chi connectivity index (χ2v) is 10.5. The molecule has 0 fully saturated rings. The Bertz CT molecular complexity index is 1700. The van der Waals surface area contributed by atoms with E-state index in [9.17, 15) is 10.1 Å². The standard InChI is InChI=1S/C34H31N5O2/c1-23(25-14-8-5-9-15-25)39(3)32(40)29-19-27(30-17-11-10-16-26(30)22-35)18-28(20-29)31-37-38-33(41-31)34(2,36)21-24-12-6-4-7-13-24/h4-20,23H,21,36H2,1-3H3/t23-,34+/m0/s1. The number of nitriles is 1. The van der Waals surface area contributed by atoms with E-state index >= 15 is 0 Å². The average molecular weight is 542 g/mol. The van der Waals surface area contributed by atoms with Crippen LogP contribution in [0.25, 0.3) is 22.6 Å². The van der Waals surface area contributed by atoms with E-state index in [2.05, 4.69) is 16.3 Å². The quantitative estimate of drug-likeness (QED) is 0.239. The van der Waals surface area contributed by atoms with Crippen LogP contribution in [-0.2, 0) is 12.0 Å². The van der Waals surface area contributed by atoms with Gasteiger partial charge in [0.2, 0.25) is 11.8 Å². The predicted molar refractivity (Wildman–Crippen MR) is 159 cm³/mol. The first kappa shape index (κ1) is 27.5. The van der Waals surface area contributed by atoms with Crippen molar-refractivity contribution in [2.45, 2.75) is 31.8 Å². The van der Waals surface area contributed by atoms with Gasteiger partial charge in [-0.1, -0.05) is 78.9 Å². The summed E-state index contributed by atoms with van der Waals surface area (Å²) < 4.78 is 6.13. The fraction of sp³-hybridized carbons (Fsp3) is 0.176.